The van der Waals surface area contributed by atoms with Crippen molar-refractivity contribution in [3.05, 3.63) is 12.2 Å². The van der Waals surface area contributed by atoms with Crippen LogP contribution in [0.2, 0.25) is 12.1 Å². The average molecular weight is 288 g/mol. The van der Waals surface area contributed by atoms with E-state index < -0.39 is 8.56 Å². The zero-order chi connectivity index (χ0) is 14.7. The van der Waals surface area contributed by atoms with E-state index in [1.54, 1.807) is 21.1 Å². The molecule has 0 fully saturated rings. The van der Waals surface area contributed by atoms with Crippen molar-refractivity contribution in [3.8, 4) is 0 Å². The molecule has 0 heterocycles. The molecule has 0 aliphatic carbocycles. The van der Waals surface area contributed by atoms with Gasteiger partial charge in [-0.05, 0) is 25.4 Å². The van der Waals surface area contributed by atoms with E-state index in [1.165, 1.54) is 12.8 Å². The average Bonchev–Trinajstić information content (AvgIpc) is 2.41. The van der Waals surface area contributed by atoms with Crippen LogP contribution in [-0.2, 0) is 18.4 Å². The van der Waals surface area contributed by atoms with Gasteiger partial charge in [-0.3, -0.25) is 0 Å². The summed E-state index contributed by atoms with van der Waals surface area (Å²) in [6.45, 7) is 7.78. The van der Waals surface area contributed by atoms with E-state index in [1.807, 2.05) is 0 Å². The van der Waals surface area contributed by atoms with Crippen molar-refractivity contribution in [1.82, 2.24) is 0 Å². The number of rotatable bonds is 11. The Kier molecular flexibility index (Phi) is 9.82. The zero-order valence-corrected chi connectivity index (χ0v) is 13.8. The fourth-order valence-electron chi connectivity index (χ4n) is 1.89. The molecule has 0 saturated heterocycles. The summed E-state index contributed by atoms with van der Waals surface area (Å²) in [4.78, 5) is 11.2. The fraction of sp³-hybridized carbons (Fsp3) is 0.786. The van der Waals surface area contributed by atoms with Gasteiger partial charge in [-0.2, -0.15) is 0 Å². The summed E-state index contributed by atoms with van der Waals surface area (Å²) in [7, 11) is 1.35. The van der Waals surface area contributed by atoms with Crippen molar-refractivity contribution in [3.63, 3.8) is 0 Å². The maximum atomic E-state index is 11.2. The minimum atomic E-state index is -2.09. The molecule has 0 rings (SSSR count). The minimum absolute atomic E-state index is 0.326. The summed E-state index contributed by atoms with van der Waals surface area (Å²) in [6.07, 6.45) is 4.30. The predicted octanol–water partition coefficient (Wildman–Crippen LogP) is 3.42. The van der Waals surface area contributed by atoms with Crippen molar-refractivity contribution in [2.45, 2.75) is 51.6 Å². The first kappa shape index (κ1) is 18.3. The number of carbonyl (C=O) groups is 1. The molecule has 5 heteroatoms. The van der Waals surface area contributed by atoms with Gasteiger partial charge in [-0.15, -0.1) is 0 Å². The standard InChI is InChI=1S/C14H28O4Si/c1-6-7-8-11-19(16-4,17-5)12-9-10-18-14(15)13(2)3/h2,6-12H2,1,3-5H3. The van der Waals surface area contributed by atoms with Gasteiger partial charge in [0.2, 0.25) is 0 Å². The molecule has 0 N–H and O–H groups in total. The van der Waals surface area contributed by atoms with Crippen molar-refractivity contribution in [2.75, 3.05) is 20.8 Å². The predicted molar refractivity (Wildman–Crippen MR) is 79.3 cm³/mol. The summed E-state index contributed by atoms with van der Waals surface area (Å²) in [5.41, 5.74) is 0.435. The molecular weight excluding hydrogens is 260 g/mol. The molecule has 0 radical (unpaired) electrons. The van der Waals surface area contributed by atoms with Crippen LogP contribution < -0.4 is 0 Å². The molecule has 0 atom stereocenters. The van der Waals surface area contributed by atoms with Crippen LogP contribution in [0.15, 0.2) is 12.2 Å². The Bertz CT molecular complexity index is 275. The number of unbranched alkanes of at least 4 members (excludes halogenated alkanes) is 2. The van der Waals surface area contributed by atoms with Gasteiger partial charge in [-0.1, -0.05) is 32.8 Å². The summed E-state index contributed by atoms with van der Waals surface area (Å²) in [5.74, 6) is -0.326. The molecular formula is C14H28O4Si. The van der Waals surface area contributed by atoms with E-state index in [0.29, 0.717) is 12.2 Å². The maximum Gasteiger partial charge on any atom is 0.337 e. The van der Waals surface area contributed by atoms with Crippen LogP contribution >= 0.6 is 0 Å². The van der Waals surface area contributed by atoms with Crippen LogP contribution in [0.5, 0.6) is 0 Å². The lowest BCUT2D eigenvalue weighted by atomic mass is 10.3. The quantitative estimate of drug-likeness (QED) is 0.253. The highest BCUT2D eigenvalue weighted by atomic mass is 28.4. The van der Waals surface area contributed by atoms with E-state index >= 15 is 0 Å². The van der Waals surface area contributed by atoms with Crippen LogP contribution in [-0.4, -0.2) is 35.4 Å². The second-order valence-electron chi connectivity index (χ2n) is 4.80. The van der Waals surface area contributed by atoms with E-state index in [9.17, 15) is 4.79 Å². The number of esters is 1. The molecule has 0 saturated carbocycles. The van der Waals surface area contributed by atoms with Crippen LogP contribution in [0.3, 0.4) is 0 Å². The summed E-state index contributed by atoms with van der Waals surface area (Å²) < 4.78 is 16.4. The van der Waals surface area contributed by atoms with Crippen LogP contribution in [0.1, 0.15) is 39.5 Å². The van der Waals surface area contributed by atoms with E-state index in [-0.39, 0.29) is 5.97 Å². The molecule has 0 aromatic carbocycles. The Morgan fingerprint density at radius 2 is 1.68 bits per heavy atom. The molecule has 19 heavy (non-hydrogen) atoms. The van der Waals surface area contributed by atoms with Gasteiger partial charge < -0.3 is 13.6 Å². The molecule has 4 nitrogen and oxygen atoms in total. The normalized spacial score (nSPS) is 11.4. The van der Waals surface area contributed by atoms with Crippen LogP contribution in [0.25, 0.3) is 0 Å². The van der Waals surface area contributed by atoms with E-state index in [2.05, 4.69) is 13.5 Å². The number of ether oxygens (including phenoxy) is 1. The number of hydrogen-bond donors (Lipinski definition) is 0. The van der Waals surface area contributed by atoms with Gasteiger partial charge in [0.05, 0.1) is 6.61 Å². The molecule has 0 aromatic rings. The monoisotopic (exact) mass is 288 g/mol. The Labute approximate surface area is 118 Å². The summed E-state index contributed by atoms with van der Waals surface area (Å²) >= 11 is 0. The van der Waals surface area contributed by atoms with Gasteiger partial charge >= 0.3 is 14.5 Å². The van der Waals surface area contributed by atoms with Crippen molar-refractivity contribution < 1.29 is 18.4 Å². The van der Waals surface area contributed by atoms with Crippen molar-refractivity contribution in [1.29, 1.82) is 0 Å². The second kappa shape index (κ2) is 10.2. The van der Waals surface area contributed by atoms with Gasteiger partial charge in [0.25, 0.3) is 0 Å². The molecule has 0 aromatic heterocycles. The number of carbonyl (C=O) groups excluding carboxylic acids is 1. The number of hydrogen-bond acceptors (Lipinski definition) is 4. The first-order chi connectivity index (χ1) is 9.01. The van der Waals surface area contributed by atoms with E-state index in [4.69, 9.17) is 13.6 Å². The lowest BCUT2D eigenvalue weighted by Gasteiger charge is -2.27. The highest BCUT2D eigenvalue weighted by Crippen LogP contribution is 2.22. The summed E-state index contributed by atoms with van der Waals surface area (Å²) in [5, 5.41) is 0. The first-order valence-corrected chi connectivity index (χ1v) is 9.17. The topological polar surface area (TPSA) is 44.8 Å². The molecule has 0 unspecified atom stereocenters. The lowest BCUT2D eigenvalue weighted by molar-refractivity contribution is -0.138. The first-order valence-electron chi connectivity index (χ1n) is 6.94. The maximum absolute atomic E-state index is 11.2. The molecule has 0 bridgehead atoms. The minimum Gasteiger partial charge on any atom is -0.462 e. The van der Waals surface area contributed by atoms with Gasteiger partial charge in [0.1, 0.15) is 0 Å². The smallest absolute Gasteiger partial charge is 0.337 e. The second-order valence-corrected chi connectivity index (χ2v) is 8.43. The largest absolute Gasteiger partial charge is 0.462 e. The third-order valence-corrected chi connectivity index (χ3v) is 6.91. The molecule has 0 aliphatic rings. The zero-order valence-electron chi connectivity index (χ0n) is 12.8. The Balaban J connectivity index is 4.06. The highest BCUT2D eigenvalue weighted by molar-refractivity contribution is 6.67. The third kappa shape index (κ3) is 7.50. The van der Waals surface area contributed by atoms with Crippen LogP contribution in [0.4, 0.5) is 0 Å². The lowest BCUT2D eigenvalue weighted by Crippen LogP contribution is -2.40. The SMILES string of the molecule is C=C(C)C(=O)OCCC[Si](CCCCC)(OC)OC. The molecule has 0 spiro atoms. The summed E-state index contributed by atoms with van der Waals surface area (Å²) in [6, 6.07) is 1.86. The van der Waals surface area contributed by atoms with Crippen molar-refractivity contribution in [2.24, 2.45) is 0 Å². The van der Waals surface area contributed by atoms with Gasteiger partial charge in [0.15, 0.2) is 0 Å². The third-order valence-electron chi connectivity index (χ3n) is 3.19. The molecule has 0 aliphatic heterocycles. The van der Waals surface area contributed by atoms with Crippen molar-refractivity contribution >= 4 is 14.5 Å². The van der Waals surface area contributed by atoms with Crippen LogP contribution in [0, 0.1) is 0 Å². The van der Waals surface area contributed by atoms with E-state index in [0.717, 1.165) is 24.9 Å². The highest BCUT2D eigenvalue weighted by Gasteiger charge is 2.34. The Hall–Kier alpha value is -0.653. The molecule has 0 amide bonds. The fourth-order valence-corrected chi connectivity index (χ4v) is 4.60. The van der Waals surface area contributed by atoms with Gasteiger partial charge in [0, 0.05) is 19.8 Å². The van der Waals surface area contributed by atoms with Gasteiger partial charge in [-0.25, -0.2) is 4.79 Å². The molecule has 112 valence electrons. The Morgan fingerprint density at radius 1 is 1.11 bits per heavy atom. The Morgan fingerprint density at radius 3 is 2.16 bits per heavy atom.